The predicted octanol–water partition coefficient (Wildman–Crippen LogP) is 3.61. The second-order valence-electron chi connectivity index (χ2n) is 4.65. The lowest BCUT2D eigenvalue weighted by Gasteiger charge is -2.07. The van der Waals surface area contributed by atoms with Crippen molar-refractivity contribution in [1.82, 2.24) is 14.9 Å². The number of hydrogen-bond acceptors (Lipinski definition) is 3. The molecule has 0 aliphatic rings. The molecular formula is C16H14Cl2N4O. The number of carbonyl (C=O) groups excluding carboxylic acids is 1. The molecule has 0 aliphatic heterocycles. The highest BCUT2D eigenvalue weighted by molar-refractivity contribution is 6.33. The van der Waals surface area contributed by atoms with Gasteiger partial charge in [0.1, 0.15) is 11.6 Å². The molecule has 1 heterocycles. The lowest BCUT2D eigenvalue weighted by atomic mass is 10.2. The number of amides is 1. The molecule has 0 spiro atoms. The Morgan fingerprint density at radius 3 is 2.70 bits per heavy atom. The third kappa shape index (κ3) is 3.92. The number of halogens is 2. The van der Waals surface area contributed by atoms with Crippen LogP contribution in [0.5, 0.6) is 0 Å². The van der Waals surface area contributed by atoms with Crippen molar-refractivity contribution in [3.63, 3.8) is 0 Å². The second kappa shape index (κ2) is 7.82. The van der Waals surface area contributed by atoms with Gasteiger partial charge in [0.15, 0.2) is 5.15 Å². The number of aromatic nitrogens is 2. The molecule has 0 radical (unpaired) electrons. The van der Waals surface area contributed by atoms with Crippen LogP contribution in [-0.2, 0) is 4.79 Å². The van der Waals surface area contributed by atoms with Crippen molar-refractivity contribution in [2.45, 2.75) is 13.3 Å². The zero-order valence-corrected chi connectivity index (χ0v) is 13.9. The summed E-state index contributed by atoms with van der Waals surface area (Å²) in [6.07, 6.45) is 2.16. The Bertz CT molecular complexity index is 775. The number of nitrogens with zero attached hydrogens (tertiary/aromatic N) is 3. The SMILES string of the molecule is CCCNC(=O)/C(C#N)=C/c1c(Cl)nc(Cl)n1-c1ccccc1. The summed E-state index contributed by atoms with van der Waals surface area (Å²) in [5.41, 5.74) is 1.05. The van der Waals surface area contributed by atoms with E-state index in [1.54, 1.807) is 4.57 Å². The Morgan fingerprint density at radius 2 is 2.09 bits per heavy atom. The summed E-state index contributed by atoms with van der Waals surface area (Å²) in [5.74, 6) is -0.456. The number of carbonyl (C=O) groups is 1. The third-order valence-electron chi connectivity index (χ3n) is 3.02. The number of nitriles is 1. The number of benzene rings is 1. The highest BCUT2D eigenvalue weighted by atomic mass is 35.5. The van der Waals surface area contributed by atoms with E-state index >= 15 is 0 Å². The van der Waals surface area contributed by atoms with Crippen LogP contribution in [0.15, 0.2) is 35.9 Å². The molecule has 2 aromatic rings. The summed E-state index contributed by atoms with van der Waals surface area (Å²) in [6.45, 7) is 2.42. The lowest BCUT2D eigenvalue weighted by Crippen LogP contribution is -2.25. The first-order chi connectivity index (χ1) is 11.1. The Morgan fingerprint density at radius 1 is 1.39 bits per heavy atom. The van der Waals surface area contributed by atoms with Crippen molar-refractivity contribution in [3.05, 3.63) is 52.0 Å². The number of rotatable bonds is 5. The predicted molar refractivity (Wildman–Crippen MR) is 90.5 cm³/mol. The van der Waals surface area contributed by atoms with E-state index in [1.165, 1.54) is 6.08 Å². The Labute approximate surface area is 144 Å². The zero-order valence-electron chi connectivity index (χ0n) is 12.4. The average Bonchev–Trinajstić information content (AvgIpc) is 2.84. The van der Waals surface area contributed by atoms with E-state index in [9.17, 15) is 10.1 Å². The molecule has 1 amide bonds. The summed E-state index contributed by atoms with van der Waals surface area (Å²) < 4.78 is 1.58. The number of para-hydroxylation sites is 1. The molecule has 0 bridgehead atoms. The fourth-order valence-electron chi connectivity index (χ4n) is 1.95. The minimum Gasteiger partial charge on any atom is -0.351 e. The molecule has 0 aliphatic carbocycles. The van der Waals surface area contributed by atoms with Crippen LogP contribution in [0.3, 0.4) is 0 Å². The molecule has 0 fully saturated rings. The molecular weight excluding hydrogens is 335 g/mol. The summed E-state index contributed by atoms with van der Waals surface area (Å²) in [6, 6.07) is 11.1. The Hall–Kier alpha value is -2.29. The normalized spacial score (nSPS) is 11.1. The molecule has 1 aromatic heterocycles. The van der Waals surface area contributed by atoms with E-state index in [4.69, 9.17) is 23.2 Å². The van der Waals surface area contributed by atoms with Crippen LogP contribution >= 0.6 is 23.2 Å². The first-order valence-electron chi connectivity index (χ1n) is 6.97. The van der Waals surface area contributed by atoms with Gasteiger partial charge in [-0.15, -0.1) is 0 Å². The molecule has 23 heavy (non-hydrogen) atoms. The summed E-state index contributed by atoms with van der Waals surface area (Å²) in [4.78, 5) is 16.0. The maximum Gasteiger partial charge on any atom is 0.262 e. The smallest absolute Gasteiger partial charge is 0.262 e. The fraction of sp³-hybridized carbons (Fsp3) is 0.188. The summed E-state index contributed by atoms with van der Waals surface area (Å²) >= 11 is 12.2. The van der Waals surface area contributed by atoms with Gasteiger partial charge in [0, 0.05) is 12.2 Å². The average molecular weight is 349 g/mol. The van der Waals surface area contributed by atoms with E-state index in [0.29, 0.717) is 12.2 Å². The highest BCUT2D eigenvalue weighted by Gasteiger charge is 2.17. The van der Waals surface area contributed by atoms with Gasteiger partial charge < -0.3 is 5.32 Å². The molecule has 118 valence electrons. The first-order valence-corrected chi connectivity index (χ1v) is 7.73. The van der Waals surface area contributed by atoms with Gasteiger partial charge in [-0.3, -0.25) is 9.36 Å². The van der Waals surface area contributed by atoms with Crippen molar-refractivity contribution in [3.8, 4) is 11.8 Å². The Kier molecular flexibility index (Phi) is 5.80. The van der Waals surface area contributed by atoms with Gasteiger partial charge in [0.25, 0.3) is 5.91 Å². The van der Waals surface area contributed by atoms with Crippen molar-refractivity contribution in [1.29, 1.82) is 5.26 Å². The van der Waals surface area contributed by atoms with Crippen LogP contribution < -0.4 is 5.32 Å². The molecule has 0 atom stereocenters. The third-order valence-corrected chi connectivity index (χ3v) is 3.55. The van der Waals surface area contributed by atoms with Crippen molar-refractivity contribution >= 4 is 35.2 Å². The number of hydrogen-bond donors (Lipinski definition) is 1. The Balaban J connectivity index is 2.49. The molecule has 0 saturated heterocycles. The van der Waals surface area contributed by atoms with Gasteiger partial charge >= 0.3 is 0 Å². The van der Waals surface area contributed by atoms with Gasteiger partial charge in [0.05, 0.1) is 5.69 Å². The van der Waals surface area contributed by atoms with Gasteiger partial charge in [0.2, 0.25) is 5.28 Å². The molecule has 0 unspecified atom stereocenters. The summed E-state index contributed by atoms with van der Waals surface area (Å²) in [7, 11) is 0. The first kappa shape index (κ1) is 17.1. The number of imidazole rings is 1. The fourth-order valence-corrected chi connectivity index (χ4v) is 2.48. The summed E-state index contributed by atoms with van der Waals surface area (Å²) in [5, 5.41) is 12.2. The van der Waals surface area contributed by atoms with Crippen LogP contribution in [0.4, 0.5) is 0 Å². The van der Waals surface area contributed by atoms with E-state index in [-0.39, 0.29) is 16.0 Å². The van der Waals surface area contributed by atoms with Crippen LogP contribution in [-0.4, -0.2) is 22.0 Å². The second-order valence-corrected chi connectivity index (χ2v) is 5.35. The maximum atomic E-state index is 12.0. The topological polar surface area (TPSA) is 70.7 Å². The van der Waals surface area contributed by atoms with E-state index in [2.05, 4.69) is 10.3 Å². The van der Waals surface area contributed by atoms with E-state index in [0.717, 1.165) is 12.1 Å². The van der Waals surface area contributed by atoms with Gasteiger partial charge in [-0.1, -0.05) is 36.7 Å². The molecule has 1 aromatic carbocycles. The highest BCUT2D eigenvalue weighted by Crippen LogP contribution is 2.27. The van der Waals surface area contributed by atoms with E-state index < -0.39 is 5.91 Å². The zero-order chi connectivity index (χ0) is 16.8. The number of nitrogens with one attached hydrogen (secondary N) is 1. The maximum absolute atomic E-state index is 12.0. The van der Waals surface area contributed by atoms with Gasteiger partial charge in [-0.2, -0.15) is 5.26 Å². The quantitative estimate of drug-likeness (QED) is 0.662. The molecule has 2 rings (SSSR count). The molecule has 1 N–H and O–H groups in total. The van der Waals surface area contributed by atoms with Crippen molar-refractivity contribution < 1.29 is 4.79 Å². The van der Waals surface area contributed by atoms with Crippen molar-refractivity contribution in [2.75, 3.05) is 6.54 Å². The standard InChI is InChI=1S/C16H14Cl2N4O/c1-2-8-20-15(23)11(10-19)9-13-14(17)21-16(18)22(13)12-6-4-3-5-7-12/h3-7,9H,2,8H2,1H3,(H,20,23)/b11-9+. The van der Waals surface area contributed by atoms with Crippen LogP contribution in [0.25, 0.3) is 11.8 Å². The molecule has 5 nitrogen and oxygen atoms in total. The van der Waals surface area contributed by atoms with E-state index in [1.807, 2.05) is 43.3 Å². The van der Waals surface area contributed by atoms with Crippen LogP contribution in [0.1, 0.15) is 19.0 Å². The van der Waals surface area contributed by atoms with Gasteiger partial charge in [-0.05, 0) is 36.2 Å². The molecule has 0 saturated carbocycles. The largest absolute Gasteiger partial charge is 0.351 e. The molecule has 7 heteroatoms. The minimum absolute atomic E-state index is 0.0610. The van der Waals surface area contributed by atoms with Crippen molar-refractivity contribution in [2.24, 2.45) is 0 Å². The van der Waals surface area contributed by atoms with Gasteiger partial charge in [-0.25, -0.2) is 4.98 Å². The lowest BCUT2D eigenvalue weighted by molar-refractivity contribution is -0.117. The monoisotopic (exact) mass is 348 g/mol. The van der Waals surface area contributed by atoms with Crippen LogP contribution in [0, 0.1) is 11.3 Å². The minimum atomic E-state index is -0.456. The van der Waals surface area contributed by atoms with Crippen LogP contribution in [0.2, 0.25) is 10.4 Å².